The zero-order chi connectivity index (χ0) is 26.7. The minimum Gasteiger partial charge on any atom is -0.493 e. The first-order valence-corrected chi connectivity index (χ1v) is 13.1. The van der Waals surface area contributed by atoms with Crippen LogP contribution in [0.25, 0.3) is 11.0 Å². The molecule has 0 bridgehead atoms. The van der Waals surface area contributed by atoms with E-state index in [4.69, 9.17) is 18.6 Å². The number of hydrogen-bond donors (Lipinski definition) is 0. The topological polar surface area (TPSA) is 78.2 Å². The Hall–Kier alpha value is -3.32. The van der Waals surface area contributed by atoms with Crippen LogP contribution < -0.4 is 14.9 Å². The number of amides is 1. The van der Waals surface area contributed by atoms with Crippen LogP contribution in [-0.2, 0) is 4.74 Å². The summed E-state index contributed by atoms with van der Waals surface area (Å²) in [7, 11) is 1.59. The SMILES string of the molecule is CCCCOc1ccc(C2c3c(oc4c(C)cc(C)cc4c3=O)C(=O)N2CCCOC(C)C)cc1OC. The van der Waals surface area contributed by atoms with Gasteiger partial charge in [-0.05, 0) is 75.4 Å². The maximum absolute atomic E-state index is 13.9. The lowest BCUT2D eigenvalue weighted by Crippen LogP contribution is -2.31. The average Bonchev–Trinajstić information content (AvgIpc) is 3.14. The van der Waals surface area contributed by atoms with Gasteiger partial charge in [0.15, 0.2) is 16.9 Å². The molecule has 1 amide bonds. The van der Waals surface area contributed by atoms with Crippen molar-refractivity contribution in [2.75, 3.05) is 26.9 Å². The minimum absolute atomic E-state index is 0.103. The van der Waals surface area contributed by atoms with Crippen molar-refractivity contribution in [3.05, 3.63) is 68.6 Å². The summed E-state index contributed by atoms with van der Waals surface area (Å²) in [5.74, 6) is 1.03. The van der Waals surface area contributed by atoms with Crippen LogP contribution in [-0.4, -0.2) is 43.8 Å². The van der Waals surface area contributed by atoms with Gasteiger partial charge in [-0.25, -0.2) is 0 Å². The third-order valence-electron chi connectivity index (χ3n) is 6.65. The van der Waals surface area contributed by atoms with E-state index in [1.165, 1.54) is 0 Å². The lowest BCUT2D eigenvalue weighted by atomic mass is 9.97. The highest BCUT2D eigenvalue weighted by atomic mass is 16.5. The fourth-order valence-corrected chi connectivity index (χ4v) is 4.91. The quantitative estimate of drug-likeness (QED) is 0.298. The van der Waals surface area contributed by atoms with Gasteiger partial charge in [-0.2, -0.15) is 0 Å². The van der Waals surface area contributed by atoms with Gasteiger partial charge in [-0.1, -0.05) is 25.5 Å². The van der Waals surface area contributed by atoms with E-state index in [1.807, 2.05) is 58.0 Å². The number of rotatable bonds is 11. The molecule has 1 atom stereocenters. The van der Waals surface area contributed by atoms with E-state index < -0.39 is 6.04 Å². The summed E-state index contributed by atoms with van der Waals surface area (Å²) in [4.78, 5) is 29.3. The Labute approximate surface area is 218 Å². The summed E-state index contributed by atoms with van der Waals surface area (Å²) < 4.78 is 23.4. The third kappa shape index (κ3) is 5.37. The maximum Gasteiger partial charge on any atom is 0.290 e. The number of hydrogen-bond acceptors (Lipinski definition) is 6. The van der Waals surface area contributed by atoms with Crippen LogP contribution in [0.3, 0.4) is 0 Å². The normalized spacial score (nSPS) is 15.1. The van der Waals surface area contributed by atoms with Crippen molar-refractivity contribution >= 4 is 16.9 Å². The van der Waals surface area contributed by atoms with Crippen LogP contribution in [0.2, 0.25) is 0 Å². The second-order valence-corrected chi connectivity index (χ2v) is 9.92. The largest absolute Gasteiger partial charge is 0.493 e. The molecule has 1 aliphatic rings. The van der Waals surface area contributed by atoms with Crippen LogP contribution in [0.1, 0.15) is 78.9 Å². The predicted molar refractivity (Wildman–Crippen MR) is 144 cm³/mol. The molecule has 7 nitrogen and oxygen atoms in total. The van der Waals surface area contributed by atoms with Crippen LogP contribution in [0.4, 0.5) is 0 Å². The number of unbranched alkanes of at least 4 members (excludes halogenated alkanes) is 1. The Morgan fingerprint density at radius 2 is 1.81 bits per heavy atom. The first kappa shape index (κ1) is 26.7. The van der Waals surface area contributed by atoms with Crippen molar-refractivity contribution in [2.24, 2.45) is 0 Å². The zero-order valence-electron chi connectivity index (χ0n) is 22.7. The smallest absolute Gasteiger partial charge is 0.290 e. The molecule has 1 aromatic heterocycles. The van der Waals surface area contributed by atoms with Crippen LogP contribution >= 0.6 is 0 Å². The highest BCUT2D eigenvalue weighted by molar-refractivity contribution is 5.99. The van der Waals surface area contributed by atoms with Gasteiger partial charge in [0, 0.05) is 13.2 Å². The molecule has 0 fully saturated rings. The number of benzene rings is 2. The summed E-state index contributed by atoms with van der Waals surface area (Å²) in [6, 6.07) is 8.81. The van der Waals surface area contributed by atoms with E-state index in [1.54, 1.807) is 12.0 Å². The van der Waals surface area contributed by atoms with Crippen LogP contribution in [0, 0.1) is 13.8 Å². The van der Waals surface area contributed by atoms with Crippen molar-refractivity contribution in [1.82, 2.24) is 4.90 Å². The summed E-state index contributed by atoms with van der Waals surface area (Å²) in [6.45, 7) is 11.4. The van der Waals surface area contributed by atoms with Crippen molar-refractivity contribution in [3.63, 3.8) is 0 Å². The number of carbonyl (C=O) groups is 1. The molecule has 0 saturated carbocycles. The standard InChI is InChI=1S/C30H37NO6/c1-7-8-13-36-23-11-10-21(17-24(23)34-6)26-25-27(32)22-16-19(4)15-20(5)28(22)37-29(25)30(33)31(26)12-9-14-35-18(2)3/h10-11,15-18,26H,7-9,12-14H2,1-6H3. The fraction of sp³-hybridized carbons (Fsp3) is 0.467. The van der Waals surface area contributed by atoms with E-state index in [-0.39, 0.29) is 23.2 Å². The van der Waals surface area contributed by atoms with Gasteiger partial charge in [-0.3, -0.25) is 9.59 Å². The fourth-order valence-electron chi connectivity index (χ4n) is 4.91. The molecule has 4 rings (SSSR count). The van der Waals surface area contributed by atoms with E-state index in [0.717, 1.165) is 29.5 Å². The molecule has 0 saturated heterocycles. The monoisotopic (exact) mass is 507 g/mol. The van der Waals surface area contributed by atoms with Crippen molar-refractivity contribution in [2.45, 2.75) is 66.0 Å². The Balaban J connectivity index is 1.82. The van der Waals surface area contributed by atoms with Gasteiger partial charge in [0.05, 0.1) is 36.8 Å². The molecular weight excluding hydrogens is 470 g/mol. The van der Waals surface area contributed by atoms with Crippen molar-refractivity contribution in [3.8, 4) is 11.5 Å². The van der Waals surface area contributed by atoms with E-state index in [0.29, 0.717) is 54.2 Å². The van der Waals surface area contributed by atoms with Gasteiger partial charge in [0.2, 0.25) is 5.76 Å². The first-order chi connectivity index (χ1) is 17.8. The molecule has 7 heteroatoms. The minimum atomic E-state index is -0.596. The molecular formula is C30H37NO6. The van der Waals surface area contributed by atoms with Crippen LogP contribution in [0.5, 0.6) is 11.5 Å². The Bertz CT molecular complexity index is 1340. The number of methoxy groups -OCH3 is 1. The van der Waals surface area contributed by atoms with Crippen molar-refractivity contribution < 1.29 is 23.4 Å². The molecule has 1 unspecified atom stereocenters. The zero-order valence-corrected chi connectivity index (χ0v) is 22.7. The number of fused-ring (bicyclic) bond motifs is 2. The van der Waals surface area contributed by atoms with Gasteiger partial charge in [-0.15, -0.1) is 0 Å². The van der Waals surface area contributed by atoms with E-state index in [9.17, 15) is 9.59 Å². The van der Waals surface area contributed by atoms with E-state index in [2.05, 4.69) is 6.92 Å². The summed E-state index contributed by atoms with van der Waals surface area (Å²) in [5, 5.41) is 0.491. The average molecular weight is 508 g/mol. The van der Waals surface area contributed by atoms with Crippen LogP contribution in [0.15, 0.2) is 39.5 Å². The van der Waals surface area contributed by atoms with Gasteiger partial charge >= 0.3 is 0 Å². The lowest BCUT2D eigenvalue weighted by molar-refractivity contribution is 0.0593. The summed E-state index contributed by atoms with van der Waals surface area (Å²) in [5.41, 5.74) is 3.23. The maximum atomic E-state index is 13.9. The number of aryl methyl sites for hydroxylation is 2. The Kier molecular flexibility index (Phi) is 8.22. The highest BCUT2D eigenvalue weighted by Crippen LogP contribution is 2.41. The summed E-state index contributed by atoms with van der Waals surface area (Å²) in [6.07, 6.45) is 2.70. The lowest BCUT2D eigenvalue weighted by Gasteiger charge is -2.26. The molecule has 0 N–H and O–H groups in total. The molecule has 198 valence electrons. The molecule has 0 spiro atoms. The molecule has 2 heterocycles. The first-order valence-electron chi connectivity index (χ1n) is 13.1. The molecule has 3 aromatic rings. The third-order valence-corrected chi connectivity index (χ3v) is 6.65. The number of nitrogens with zero attached hydrogens (tertiary/aromatic N) is 1. The molecule has 2 aromatic carbocycles. The van der Waals surface area contributed by atoms with Gasteiger partial charge < -0.3 is 23.5 Å². The number of carbonyl (C=O) groups excluding carboxylic acids is 1. The second kappa shape index (κ2) is 11.4. The molecule has 0 radical (unpaired) electrons. The second-order valence-electron chi connectivity index (χ2n) is 9.92. The van der Waals surface area contributed by atoms with Gasteiger partial charge in [0.1, 0.15) is 5.58 Å². The molecule has 37 heavy (non-hydrogen) atoms. The van der Waals surface area contributed by atoms with Gasteiger partial charge in [0.25, 0.3) is 5.91 Å². The van der Waals surface area contributed by atoms with E-state index >= 15 is 0 Å². The Morgan fingerprint density at radius 3 is 2.51 bits per heavy atom. The van der Waals surface area contributed by atoms with Crippen molar-refractivity contribution in [1.29, 1.82) is 0 Å². The highest BCUT2D eigenvalue weighted by Gasteiger charge is 2.42. The predicted octanol–water partition coefficient (Wildman–Crippen LogP) is 5.96. The molecule has 0 aliphatic carbocycles. The number of ether oxygens (including phenoxy) is 3. The molecule has 1 aliphatic heterocycles. The Morgan fingerprint density at radius 1 is 1.03 bits per heavy atom. The summed E-state index contributed by atoms with van der Waals surface area (Å²) >= 11 is 0.